The summed E-state index contributed by atoms with van der Waals surface area (Å²) in [6, 6.07) is 16.1. The van der Waals surface area contributed by atoms with Gasteiger partial charge in [0.25, 0.3) is 5.91 Å². The number of thioether (sulfide) groups is 1. The van der Waals surface area contributed by atoms with Crippen molar-refractivity contribution in [1.82, 2.24) is 9.80 Å². The first kappa shape index (κ1) is 21.7. The summed E-state index contributed by atoms with van der Waals surface area (Å²) < 4.78 is 11.5. The van der Waals surface area contributed by atoms with E-state index in [4.69, 9.17) is 9.47 Å². The largest absolute Gasteiger partial charge is 0.493 e. The summed E-state index contributed by atoms with van der Waals surface area (Å²) >= 11 is 1.62. The molecule has 0 aliphatic carbocycles. The van der Waals surface area contributed by atoms with E-state index in [9.17, 15) is 4.79 Å². The maximum absolute atomic E-state index is 12.4. The fourth-order valence-electron chi connectivity index (χ4n) is 3.72. The Balaban J connectivity index is 1.31. The predicted molar refractivity (Wildman–Crippen MR) is 125 cm³/mol. The summed E-state index contributed by atoms with van der Waals surface area (Å²) in [6.07, 6.45) is 1.56. The van der Waals surface area contributed by atoms with Crippen molar-refractivity contribution < 1.29 is 14.3 Å². The van der Waals surface area contributed by atoms with Crippen molar-refractivity contribution in [3.63, 3.8) is 0 Å². The van der Waals surface area contributed by atoms with Crippen molar-refractivity contribution in [1.29, 1.82) is 0 Å². The minimum atomic E-state index is -0.102. The van der Waals surface area contributed by atoms with Crippen LogP contribution in [0.15, 0.2) is 53.5 Å². The molecule has 31 heavy (non-hydrogen) atoms. The molecule has 1 unspecified atom stereocenters. The molecule has 2 heterocycles. The normalized spacial score (nSPS) is 19.4. The predicted octanol–water partition coefficient (Wildman–Crippen LogP) is 3.45. The van der Waals surface area contributed by atoms with E-state index >= 15 is 0 Å². The van der Waals surface area contributed by atoms with Gasteiger partial charge in [0.1, 0.15) is 6.61 Å². The van der Waals surface area contributed by atoms with Gasteiger partial charge in [0.2, 0.25) is 0 Å². The van der Waals surface area contributed by atoms with Gasteiger partial charge in [-0.15, -0.1) is 0 Å². The highest BCUT2D eigenvalue weighted by Crippen LogP contribution is 2.32. The fraction of sp³-hybridized carbons (Fsp3) is 0.417. The van der Waals surface area contributed by atoms with Gasteiger partial charge in [-0.3, -0.25) is 4.79 Å². The Hall–Kier alpha value is -2.51. The molecule has 0 spiro atoms. The van der Waals surface area contributed by atoms with Gasteiger partial charge in [-0.05, 0) is 43.1 Å². The average molecular weight is 440 g/mol. The highest BCUT2D eigenvalue weighted by molar-refractivity contribution is 8.15. The molecular formula is C24H29N3O3S. The van der Waals surface area contributed by atoms with Crippen LogP contribution in [0.4, 0.5) is 0 Å². The third kappa shape index (κ3) is 5.60. The number of hydrogen-bond acceptors (Lipinski definition) is 6. The minimum Gasteiger partial charge on any atom is -0.493 e. The molecule has 164 valence electrons. The molecule has 0 radical (unpaired) electrons. The molecule has 1 saturated heterocycles. The maximum atomic E-state index is 12.4. The van der Waals surface area contributed by atoms with E-state index in [1.807, 2.05) is 42.5 Å². The van der Waals surface area contributed by atoms with E-state index in [0.717, 1.165) is 61.1 Å². The Morgan fingerprint density at radius 2 is 1.81 bits per heavy atom. The third-order valence-electron chi connectivity index (χ3n) is 5.66. The molecule has 1 atom stereocenters. The molecule has 7 heteroatoms. The van der Waals surface area contributed by atoms with E-state index in [-0.39, 0.29) is 11.2 Å². The molecule has 0 N–H and O–H groups in total. The van der Waals surface area contributed by atoms with E-state index in [2.05, 4.69) is 27.9 Å². The Bertz CT molecular complexity index is 927. The lowest BCUT2D eigenvalue weighted by molar-refractivity contribution is -0.117. The first-order chi connectivity index (χ1) is 15.1. The minimum absolute atomic E-state index is 0.00583. The van der Waals surface area contributed by atoms with Crippen molar-refractivity contribution in [2.75, 3.05) is 40.3 Å². The maximum Gasteiger partial charge on any atom is 0.261 e. The van der Waals surface area contributed by atoms with E-state index < -0.39 is 0 Å². The number of carbonyl (C=O) groups excluding carboxylic acids is 1. The van der Waals surface area contributed by atoms with Gasteiger partial charge in [0.15, 0.2) is 16.7 Å². The van der Waals surface area contributed by atoms with Gasteiger partial charge in [-0.1, -0.05) is 48.2 Å². The molecule has 2 aliphatic heterocycles. The van der Waals surface area contributed by atoms with Crippen molar-refractivity contribution in [2.45, 2.75) is 24.7 Å². The average Bonchev–Trinajstić information content (AvgIpc) is 3.18. The molecular weight excluding hydrogens is 410 g/mol. The van der Waals surface area contributed by atoms with E-state index in [1.54, 1.807) is 18.9 Å². The number of benzene rings is 2. The monoisotopic (exact) mass is 439 g/mol. The summed E-state index contributed by atoms with van der Waals surface area (Å²) in [5.41, 5.74) is 2.24. The molecule has 2 aromatic carbocycles. The number of amides is 1. The SMILES string of the molecule is COc1cc(CCC2SC(N3CCN(C)CC3)=NC2=O)ccc1OCc1ccccc1. The molecule has 0 saturated carbocycles. The second-order valence-electron chi connectivity index (χ2n) is 7.93. The quantitative estimate of drug-likeness (QED) is 0.659. The van der Waals surface area contributed by atoms with Crippen LogP contribution >= 0.6 is 11.8 Å². The van der Waals surface area contributed by atoms with E-state index in [0.29, 0.717) is 12.4 Å². The van der Waals surface area contributed by atoms with Crippen molar-refractivity contribution in [3.8, 4) is 11.5 Å². The molecule has 4 rings (SSSR count). The summed E-state index contributed by atoms with van der Waals surface area (Å²) in [7, 11) is 3.78. The Labute approximate surface area is 188 Å². The molecule has 1 fully saturated rings. The number of nitrogens with zero attached hydrogens (tertiary/aromatic N) is 3. The number of aryl methyl sites for hydroxylation is 1. The van der Waals surface area contributed by atoms with Crippen molar-refractivity contribution >= 4 is 22.8 Å². The number of methoxy groups -OCH3 is 1. The number of amidine groups is 1. The first-order valence-corrected chi connectivity index (χ1v) is 11.6. The van der Waals surface area contributed by atoms with Crippen LogP contribution in [0, 0.1) is 0 Å². The van der Waals surface area contributed by atoms with Crippen molar-refractivity contribution in [3.05, 3.63) is 59.7 Å². The van der Waals surface area contributed by atoms with Gasteiger partial charge in [-0.2, -0.15) is 4.99 Å². The molecule has 0 aromatic heterocycles. The molecule has 6 nitrogen and oxygen atoms in total. The molecule has 2 aliphatic rings. The topological polar surface area (TPSA) is 54.4 Å². The number of hydrogen-bond donors (Lipinski definition) is 0. The zero-order chi connectivity index (χ0) is 21.6. The fourth-order valence-corrected chi connectivity index (χ4v) is 4.83. The van der Waals surface area contributed by atoms with Crippen molar-refractivity contribution in [2.24, 2.45) is 4.99 Å². The lowest BCUT2D eigenvalue weighted by Gasteiger charge is -2.33. The number of rotatable bonds is 7. The highest BCUT2D eigenvalue weighted by atomic mass is 32.2. The standard InChI is InChI=1S/C24H29N3O3S/c1-26-12-14-27(15-13-26)24-25-23(28)22(31-24)11-9-18-8-10-20(21(16-18)29-2)30-17-19-6-4-3-5-7-19/h3-8,10,16,22H,9,11-15,17H2,1-2H3. The van der Waals surface area contributed by atoms with Crippen LogP contribution in [0.25, 0.3) is 0 Å². The summed E-state index contributed by atoms with van der Waals surface area (Å²) in [4.78, 5) is 21.3. The summed E-state index contributed by atoms with van der Waals surface area (Å²) in [6.45, 7) is 4.39. The van der Waals surface area contributed by atoms with Gasteiger partial charge in [-0.25, -0.2) is 0 Å². The Morgan fingerprint density at radius 3 is 2.55 bits per heavy atom. The van der Waals surface area contributed by atoms with Gasteiger partial charge < -0.3 is 19.3 Å². The highest BCUT2D eigenvalue weighted by Gasteiger charge is 2.32. The van der Waals surface area contributed by atoms with Crippen LogP contribution in [-0.2, 0) is 17.8 Å². The smallest absolute Gasteiger partial charge is 0.261 e. The van der Waals surface area contributed by atoms with Crippen LogP contribution in [0.2, 0.25) is 0 Å². The number of aliphatic imine (C=N–C) groups is 1. The van der Waals surface area contributed by atoms with E-state index in [1.165, 1.54) is 0 Å². The van der Waals surface area contributed by atoms with Crippen LogP contribution in [-0.4, -0.2) is 66.5 Å². The van der Waals surface area contributed by atoms with Crippen LogP contribution < -0.4 is 9.47 Å². The lowest BCUT2D eigenvalue weighted by atomic mass is 10.1. The summed E-state index contributed by atoms with van der Waals surface area (Å²) in [5.74, 6) is 1.43. The number of piperazine rings is 1. The number of carbonyl (C=O) groups is 1. The van der Waals surface area contributed by atoms with Gasteiger partial charge in [0, 0.05) is 26.2 Å². The zero-order valence-electron chi connectivity index (χ0n) is 18.1. The van der Waals surface area contributed by atoms with Crippen LogP contribution in [0.1, 0.15) is 17.5 Å². The second kappa shape index (κ2) is 10.2. The van der Waals surface area contributed by atoms with Crippen LogP contribution in [0.5, 0.6) is 11.5 Å². The molecule has 2 aromatic rings. The van der Waals surface area contributed by atoms with Crippen LogP contribution in [0.3, 0.4) is 0 Å². The molecule has 0 bridgehead atoms. The third-order valence-corrected chi connectivity index (χ3v) is 6.95. The summed E-state index contributed by atoms with van der Waals surface area (Å²) in [5, 5.41) is 0.792. The zero-order valence-corrected chi connectivity index (χ0v) is 18.9. The Morgan fingerprint density at radius 1 is 1.03 bits per heavy atom. The lowest BCUT2D eigenvalue weighted by Crippen LogP contribution is -2.46. The second-order valence-corrected chi connectivity index (χ2v) is 9.10. The number of likely N-dealkylation sites (N-methyl/N-ethyl adjacent to an activating group) is 1. The molecule has 1 amide bonds. The van der Waals surface area contributed by atoms with Gasteiger partial charge in [0.05, 0.1) is 12.4 Å². The van der Waals surface area contributed by atoms with Gasteiger partial charge >= 0.3 is 0 Å². The Kier molecular flexibility index (Phi) is 7.14. The first-order valence-electron chi connectivity index (χ1n) is 10.7. The number of ether oxygens (including phenoxy) is 2.